The minimum atomic E-state index is -0.960. The van der Waals surface area contributed by atoms with Gasteiger partial charge in [0.25, 0.3) is 11.8 Å². The van der Waals surface area contributed by atoms with Gasteiger partial charge in [0.2, 0.25) is 0 Å². The van der Waals surface area contributed by atoms with Crippen molar-refractivity contribution in [3.05, 3.63) is 214 Å². The molecule has 8 aromatic carbocycles. The molecule has 2 aliphatic rings. The average molecular weight is 1180 g/mol. The highest BCUT2D eigenvalue weighted by molar-refractivity contribution is 6.08. The van der Waals surface area contributed by atoms with E-state index in [1.165, 1.54) is 5.56 Å². The molecular formula is C70H70N12O6. The summed E-state index contributed by atoms with van der Waals surface area (Å²) in [6, 6.07) is 53.5. The van der Waals surface area contributed by atoms with Gasteiger partial charge in [0, 0.05) is 74.4 Å². The van der Waals surface area contributed by atoms with E-state index in [4.69, 9.17) is 30.9 Å². The Kier molecular flexibility index (Phi) is 19.0. The van der Waals surface area contributed by atoms with E-state index in [-0.39, 0.29) is 22.9 Å². The van der Waals surface area contributed by atoms with E-state index in [2.05, 4.69) is 79.0 Å². The molecule has 0 atom stereocenters. The molecule has 0 spiro atoms. The number of carboxylic acid groups (broad SMARTS) is 2. The number of carbonyl (C=O) groups is 4. The summed E-state index contributed by atoms with van der Waals surface area (Å²) in [5, 5.41) is 24.1. The second-order valence-corrected chi connectivity index (χ2v) is 22.4. The summed E-state index contributed by atoms with van der Waals surface area (Å²) < 4.78 is 0. The van der Waals surface area contributed by atoms with Crippen molar-refractivity contribution < 1.29 is 29.4 Å². The fourth-order valence-corrected chi connectivity index (χ4v) is 10.1. The van der Waals surface area contributed by atoms with Crippen LogP contribution < -0.4 is 16.4 Å². The fourth-order valence-electron chi connectivity index (χ4n) is 10.1. The van der Waals surface area contributed by atoms with Gasteiger partial charge >= 0.3 is 11.9 Å². The first kappa shape index (κ1) is 60.9. The summed E-state index contributed by atoms with van der Waals surface area (Å²) >= 11 is 0. The zero-order chi connectivity index (χ0) is 62.0. The number of imidazole rings is 2. The van der Waals surface area contributed by atoms with E-state index >= 15 is 0 Å². The fraction of sp³-hybridized carbons (Fsp3) is 0.200. The first-order chi connectivity index (χ1) is 42.4. The van der Waals surface area contributed by atoms with Crippen LogP contribution in [0.2, 0.25) is 0 Å². The quantitative estimate of drug-likeness (QED) is 0.0424. The minimum absolute atomic E-state index is 0.0651. The van der Waals surface area contributed by atoms with E-state index in [9.17, 15) is 19.2 Å². The number of hydrogen-bond acceptors (Lipinski definition) is 12. The lowest BCUT2D eigenvalue weighted by Gasteiger charge is -2.10. The van der Waals surface area contributed by atoms with Crippen LogP contribution in [0, 0.1) is 0 Å². The van der Waals surface area contributed by atoms with Crippen LogP contribution in [0.5, 0.6) is 0 Å². The van der Waals surface area contributed by atoms with Gasteiger partial charge in [-0.25, -0.2) is 19.6 Å². The number of carboxylic acids is 2. The van der Waals surface area contributed by atoms with Crippen molar-refractivity contribution in [2.24, 2.45) is 15.7 Å². The molecule has 0 saturated carbocycles. The molecule has 0 saturated heterocycles. The van der Waals surface area contributed by atoms with Crippen LogP contribution in [0.1, 0.15) is 63.7 Å². The number of hydrogen-bond donors (Lipinski definition) is 7. The second-order valence-electron chi connectivity index (χ2n) is 22.4. The summed E-state index contributed by atoms with van der Waals surface area (Å²) in [6.45, 7) is 4.54. The minimum Gasteiger partial charge on any atom is -0.478 e. The number of aromatic carboxylic acids is 2. The van der Waals surface area contributed by atoms with E-state index in [1.54, 1.807) is 48.5 Å². The van der Waals surface area contributed by atoms with Crippen LogP contribution in [-0.2, 0) is 12.8 Å². The number of rotatable bonds is 18. The van der Waals surface area contributed by atoms with Gasteiger partial charge in [-0.05, 0) is 172 Å². The number of aliphatic imine (C=N–C) groups is 2. The maximum absolute atomic E-state index is 12.5. The van der Waals surface area contributed by atoms with Crippen molar-refractivity contribution in [1.29, 1.82) is 0 Å². The summed E-state index contributed by atoms with van der Waals surface area (Å²) in [5.41, 5.74) is 24.5. The molecule has 18 nitrogen and oxygen atoms in total. The number of amides is 2. The molecule has 0 fully saturated rings. The molecule has 2 aromatic heterocycles. The number of nitrogens with one attached hydrogen (secondary N) is 4. The van der Waals surface area contributed by atoms with Crippen LogP contribution in [0.3, 0.4) is 0 Å². The lowest BCUT2D eigenvalue weighted by molar-refractivity contribution is 0.0686. The van der Waals surface area contributed by atoms with Crippen molar-refractivity contribution in [1.82, 2.24) is 45.3 Å². The molecule has 88 heavy (non-hydrogen) atoms. The molecule has 18 heteroatoms. The number of carbonyl (C=O) groups excluding carboxylic acids is 2. The van der Waals surface area contributed by atoms with Crippen LogP contribution in [0.15, 0.2) is 180 Å². The molecule has 2 aliphatic heterocycles. The largest absolute Gasteiger partial charge is 0.478 e. The van der Waals surface area contributed by atoms with E-state index in [0.717, 1.165) is 133 Å². The maximum atomic E-state index is 12.5. The normalized spacial score (nSPS) is 12.2. The number of nitrogens with zero attached hydrogens (tertiary/aromatic N) is 7. The van der Waals surface area contributed by atoms with Gasteiger partial charge < -0.3 is 51.2 Å². The molecule has 0 bridgehead atoms. The van der Waals surface area contributed by atoms with Crippen LogP contribution >= 0.6 is 0 Å². The monoisotopic (exact) mass is 1170 g/mol. The second kappa shape index (κ2) is 27.4. The molecule has 0 aliphatic carbocycles. The van der Waals surface area contributed by atoms with Gasteiger partial charge in [-0.2, -0.15) is 0 Å². The van der Waals surface area contributed by atoms with Crippen molar-refractivity contribution in [3.8, 4) is 45.0 Å². The highest BCUT2D eigenvalue weighted by Crippen LogP contribution is 2.37. The Labute approximate surface area is 510 Å². The predicted molar refractivity (Wildman–Crippen MR) is 350 cm³/mol. The molecule has 2 amide bonds. The molecule has 8 N–H and O–H groups in total. The van der Waals surface area contributed by atoms with Gasteiger partial charge in [0.15, 0.2) is 0 Å². The molecule has 0 radical (unpaired) electrons. The lowest BCUT2D eigenvalue weighted by atomic mass is 9.99. The van der Waals surface area contributed by atoms with E-state index in [1.807, 2.05) is 125 Å². The van der Waals surface area contributed by atoms with Crippen LogP contribution in [0.25, 0.3) is 67.1 Å². The molecule has 4 heterocycles. The highest BCUT2D eigenvalue weighted by atomic mass is 16.4. The predicted octanol–water partition coefficient (Wildman–Crippen LogP) is 10.6. The van der Waals surface area contributed by atoms with Gasteiger partial charge in [0.1, 0.15) is 11.6 Å². The Hall–Kier alpha value is -10.2. The lowest BCUT2D eigenvalue weighted by Crippen LogP contribution is -2.31. The number of fused-ring (bicyclic) bond motifs is 4. The number of nitrogens with two attached hydrogens (primary N) is 1. The van der Waals surface area contributed by atoms with Crippen molar-refractivity contribution in [3.63, 3.8) is 0 Å². The molecule has 10 aromatic rings. The zero-order valence-electron chi connectivity index (χ0n) is 50.1. The molecular weight excluding hydrogens is 1100 g/mol. The Morgan fingerprint density at radius 3 is 1.10 bits per heavy atom. The van der Waals surface area contributed by atoms with Crippen LogP contribution in [0.4, 0.5) is 11.4 Å². The van der Waals surface area contributed by atoms with Crippen LogP contribution in [-0.4, -0.2) is 162 Å². The van der Waals surface area contributed by atoms with Crippen molar-refractivity contribution >= 4 is 68.6 Å². The van der Waals surface area contributed by atoms with Gasteiger partial charge in [0.05, 0.1) is 56.0 Å². The topological polar surface area (TPSA) is 251 Å². The van der Waals surface area contributed by atoms with Gasteiger partial charge in [-0.3, -0.25) is 19.6 Å². The standard InChI is InChI=1S/C37H39N7O2.C29H19N3O4.C4H12N2/c1-43(2)19-17-38-36(45)26-9-5-24(6-10-26)32-23-30-14-13-28(21-33(30)40-32)29-15-16-31-34(22-29)42-35(41-31)25-7-11-27(12-8-25)37(46)39-18-20-44(3)4;33-28(34)18-5-1-16(2-6-18)24-15-22-10-9-20(13-25(22)30-24)21-11-12-23-26(14-21)32-27(31-23)17-3-7-19(8-4-17)29(35)36;1-6(2)4-3-5/h5-16,21-22H,17-20,23H2,1-4H3,(H,38,45)(H,39,46)(H,41,42);1-14H,15H2,(H,31,32)(H,33,34)(H,35,36);3-5H2,1-2H3. The highest BCUT2D eigenvalue weighted by Gasteiger charge is 2.21. The molecule has 12 rings (SSSR count). The summed E-state index contributed by atoms with van der Waals surface area (Å²) in [6.07, 6.45) is 1.45. The SMILES string of the molecule is CN(C)CCN.CN(C)CCNC(=O)c1ccc(C2=Nc3cc(-c4ccc5nc(-c6ccc(C(=O)NCCN(C)C)cc6)[nH]c5c4)ccc3C2)cc1.O=C(O)c1ccc(C2=Nc3cc(-c4ccc5nc(-c6ccc(C(=O)O)cc6)[nH]c5c4)ccc3C2)cc1. The van der Waals surface area contributed by atoms with E-state index in [0.29, 0.717) is 36.5 Å². The third kappa shape index (κ3) is 14.9. The zero-order valence-corrected chi connectivity index (χ0v) is 50.1. The van der Waals surface area contributed by atoms with Crippen molar-refractivity contribution in [2.75, 3.05) is 81.6 Å². The number of aromatic nitrogens is 4. The van der Waals surface area contributed by atoms with Gasteiger partial charge in [-0.1, -0.05) is 84.9 Å². The first-order valence-corrected chi connectivity index (χ1v) is 29.0. The number of likely N-dealkylation sites (N-methyl/N-ethyl adjacent to an activating group) is 3. The number of H-pyrrole nitrogens is 2. The Bertz CT molecular complexity index is 4240. The summed E-state index contributed by atoms with van der Waals surface area (Å²) in [5.74, 6) is -0.618. The number of aromatic amines is 2. The van der Waals surface area contributed by atoms with E-state index < -0.39 is 11.9 Å². The molecule has 446 valence electrons. The average Bonchev–Trinajstić information content (AvgIpc) is 2.62. The molecule has 0 unspecified atom stereocenters. The summed E-state index contributed by atoms with van der Waals surface area (Å²) in [4.78, 5) is 79.3. The number of benzene rings is 8. The third-order valence-electron chi connectivity index (χ3n) is 15.1. The summed E-state index contributed by atoms with van der Waals surface area (Å²) in [7, 11) is 11.9. The van der Waals surface area contributed by atoms with Gasteiger partial charge in [-0.15, -0.1) is 0 Å². The third-order valence-corrected chi connectivity index (χ3v) is 15.1. The van der Waals surface area contributed by atoms with Crippen molar-refractivity contribution in [2.45, 2.75) is 12.8 Å². The maximum Gasteiger partial charge on any atom is 0.335 e. The first-order valence-electron chi connectivity index (χ1n) is 29.0. The smallest absolute Gasteiger partial charge is 0.335 e. The Morgan fingerprint density at radius 2 is 0.761 bits per heavy atom. The Morgan fingerprint density at radius 1 is 0.432 bits per heavy atom. The Balaban J connectivity index is 0.000000182.